The van der Waals surface area contributed by atoms with Gasteiger partial charge in [-0.25, -0.2) is 0 Å². The Morgan fingerprint density at radius 3 is 2.44 bits per heavy atom. The van der Waals surface area contributed by atoms with Gasteiger partial charge in [0.25, 0.3) is 0 Å². The molecular formula is C15H30BrNO. The molecule has 0 saturated carbocycles. The van der Waals surface area contributed by atoms with E-state index in [4.69, 9.17) is 4.74 Å². The molecule has 108 valence electrons. The number of rotatable bonds is 9. The first kappa shape index (κ1) is 16.5. The van der Waals surface area contributed by atoms with Crippen LogP contribution < -0.4 is 0 Å². The number of unbranched alkanes of at least 4 members (excludes halogenated alkanes) is 6. The fourth-order valence-corrected chi connectivity index (χ4v) is 2.99. The Morgan fingerprint density at radius 2 is 1.72 bits per heavy atom. The third kappa shape index (κ3) is 8.49. The third-order valence-corrected chi connectivity index (χ3v) is 4.21. The molecule has 0 aromatic rings. The van der Waals surface area contributed by atoms with Crippen LogP contribution >= 0.6 is 15.9 Å². The van der Waals surface area contributed by atoms with Crippen LogP contribution in [0.1, 0.15) is 58.3 Å². The quantitative estimate of drug-likeness (QED) is 0.466. The van der Waals surface area contributed by atoms with Gasteiger partial charge in [-0.1, -0.05) is 48.0 Å². The Morgan fingerprint density at radius 1 is 1.06 bits per heavy atom. The zero-order chi connectivity index (χ0) is 13.1. The summed E-state index contributed by atoms with van der Waals surface area (Å²) >= 11 is 3.48. The van der Waals surface area contributed by atoms with Crippen molar-refractivity contribution in [1.82, 2.24) is 4.90 Å². The molecular weight excluding hydrogens is 290 g/mol. The summed E-state index contributed by atoms with van der Waals surface area (Å²) in [6.45, 7) is 6.78. The molecule has 2 nitrogen and oxygen atoms in total. The van der Waals surface area contributed by atoms with Crippen molar-refractivity contribution in [2.24, 2.45) is 0 Å². The minimum absolute atomic E-state index is 0.428. The Labute approximate surface area is 122 Å². The van der Waals surface area contributed by atoms with E-state index in [9.17, 15) is 0 Å². The first-order chi connectivity index (χ1) is 8.83. The molecule has 1 fully saturated rings. The Balaban J connectivity index is 1.90. The molecule has 1 unspecified atom stereocenters. The highest BCUT2D eigenvalue weighted by Crippen LogP contribution is 2.10. The lowest BCUT2D eigenvalue weighted by Gasteiger charge is -2.21. The second-order valence-corrected chi connectivity index (χ2v) is 6.29. The molecule has 1 aliphatic rings. The van der Waals surface area contributed by atoms with Gasteiger partial charge in [0.2, 0.25) is 0 Å². The maximum absolute atomic E-state index is 5.67. The summed E-state index contributed by atoms with van der Waals surface area (Å²) in [5.74, 6) is 0. The zero-order valence-electron chi connectivity index (χ0n) is 12.0. The number of nitrogens with zero attached hydrogens (tertiary/aromatic N) is 1. The van der Waals surface area contributed by atoms with Crippen molar-refractivity contribution in [2.45, 2.75) is 64.4 Å². The topological polar surface area (TPSA) is 12.5 Å². The van der Waals surface area contributed by atoms with Crippen molar-refractivity contribution in [2.75, 3.05) is 31.6 Å². The summed E-state index contributed by atoms with van der Waals surface area (Å²) in [4.78, 5) is 2.59. The fraction of sp³-hybridized carbons (Fsp3) is 1.00. The molecule has 0 aliphatic carbocycles. The van der Waals surface area contributed by atoms with Gasteiger partial charge in [0.05, 0.1) is 6.10 Å². The van der Waals surface area contributed by atoms with E-state index in [2.05, 4.69) is 27.8 Å². The average Bonchev–Trinajstić information content (AvgIpc) is 2.57. The van der Waals surface area contributed by atoms with Crippen LogP contribution in [-0.2, 0) is 4.74 Å². The normalized spacial score (nSPS) is 22.0. The summed E-state index contributed by atoms with van der Waals surface area (Å²) in [6.07, 6.45) is 11.4. The summed E-state index contributed by atoms with van der Waals surface area (Å²) < 4.78 is 5.67. The highest BCUT2D eigenvalue weighted by atomic mass is 79.9. The van der Waals surface area contributed by atoms with Crippen molar-refractivity contribution in [3.05, 3.63) is 0 Å². The van der Waals surface area contributed by atoms with Crippen LogP contribution in [0, 0.1) is 0 Å². The predicted molar refractivity (Wildman–Crippen MR) is 82.6 cm³/mol. The van der Waals surface area contributed by atoms with E-state index >= 15 is 0 Å². The summed E-state index contributed by atoms with van der Waals surface area (Å²) in [5, 5.41) is 1.17. The lowest BCUT2D eigenvalue weighted by molar-refractivity contribution is 0.0675. The van der Waals surface area contributed by atoms with Crippen molar-refractivity contribution >= 4 is 15.9 Å². The number of hydrogen-bond donors (Lipinski definition) is 0. The monoisotopic (exact) mass is 319 g/mol. The fourth-order valence-electron chi connectivity index (χ4n) is 2.60. The van der Waals surface area contributed by atoms with E-state index in [-0.39, 0.29) is 0 Å². The van der Waals surface area contributed by atoms with Gasteiger partial charge in [-0.05, 0) is 32.7 Å². The van der Waals surface area contributed by atoms with Gasteiger partial charge in [0, 0.05) is 25.0 Å². The molecule has 1 saturated heterocycles. The van der Waals surface area contributed by atoms with Crippen LogP contribution in [0.2, 0.25) is 0 Å². The van der Waals surface area contributed by atoms with Crippen LogP contribution in [0.25, 0.3) is 0 Å². The van der Waals surface area contributed by atoms with Crippen molar-refractivity contribution in [3.8, 4) is 0 Å². The van der Waals surface area contributed by atoms with E-state index in [1.807, 2.05) is 0 Å². The largest absolute Gasteiger partial charge is 0.377 e. The minimum Gasteiger partial charge on any atom is -0.377 e. The number of hydrogen-bond acceptors (Lipinski definition) is 2. The molecule has 0 spiro atoms. The molecule has 1 atom stereocenters. The maximum Gasteiger partial charge on any atom is 0.0673 e. The smallest absolute Gasteiger partial charge is 0.0673 e. The van der Waals surface area contributed by atoms with Gasteiger partial charge in [0.1, 0.15) is 0 Å². The predicted octanol–water partition coefficient (Wildman–Crippen LogP) is 4.22. The summed E-state index contributed by atoms with van der Waals surface area (Å²) in [5.41, 5.74) is 0. The molecule has 0 N–H and O–H groups in total. The van der Waals surface area contributed by atoms with Gasteiger partial charge in [-0.3, -0.25) is 0 Å². The summed E-state index contributed by atoms with van der Waals surface area (Å²) in [7, 11) is 0. The van der Waals surface area contributed by atoms with Gasteiger partial charge >= 0.3 is 0 Å². The molecule has 0 bridgehead atoms. The molecule has 3 heteroatoms. The molecule has 0 aromatic heterocycles. The lowest BCUT2D eigenvalue weighted by atomic mass is 10.1. The Hall–Kier alpha value is 0.400. The number of alkyl halides is 1. The molecule has 0 aromatic carbocycles. The minimum atomic E-state index is 0.428. The zero-order valence-corrected chi connectivity index (χ0v) is 13.6. The van der Waals surface area contributed by atoms with Crippen LogP contribution in [0.3, 0.4) is 0 Å². The van der Waals surface area contributed by atoms with Crippen LogP contribution in [0.5, 0.6) is 0 Å². The van der Waals surface area contributed by atoms with Gasteiger partial charge in [0.15, 0.2) is 0 Å². The van der Waals surface area contributed by atoms with Crippen molar-refractivity contribution in [1.29, 1.82) is 0 Å². The molecule has 18 heavy (non-hydrogen) atoms. The first-order valence-electron chi connectivity index (χ1n) is 7.73. The third-order valence-electron chi connectivity index (χ3n) is 3.64. The molecule has 1 heterocycles. The van der Waals surface area contributed by atoms with Gasteiger partial charge in [-0.2, -0.15) is 0 Å². The number of ether oxygens (including phenoxy) is 1. The van der Waals surface area contributed by atoms with E-state index in [0.29, 0.717) is 6.10 Å². The summed E-state index contributed by atoms with van der Waals surface area (Å²) in [6, 6.07) is 0. The van der Waals surface area contributed by atoms with E-state index in [0.717, 1.165) is 13.2 Å². The van der Waals surface area contributed by atoms with E-state index in [1.165, 1.54) is 69.8 Å². The molecule has 1 rings (SSSR count). The molecule has 0 radical (unpaired) electrons. The van der Waals surface area contributed by atoms with Crippen LogP contribution in [0.15, 0.2) is 0 Å². The standard InChI is InChI=1S/C15H30BrNO/c1-15-14-17(12-9-13-18-15)11-8-6-4-2-3-5-7-10-16/h15H,2-14H2,1H3. The van der Waals surface area contributed by atoms with Crippen LogP contribution in [0.4, 0.5) is 0 Å². The second-order valence-electron chi connectivity index (χ2n) is 5.50. The van der Waals surface area contributed by atoms with E-state index in [1.54, 1.807) is 0 Å². The van der Waals surface area contributed by atoms with Crippen molar-refractivity contribution < 1.29 is 4.74 Å². The van der Waals surface area contributed by atoms with E-state index < -0.39 is 0 Å². The van der Waals surface area contributed by atoms with Gasteiger partial charge in [-0.15, -0.1) is 0 Å². The van der Waals surface area contributed by atoms with Gasteiger partial charge < -0.3 is 9.64 Å². The molecule has 1 aliphatic heterocycles. The van der Waals surface area contributed by atoms with Crippen LogP contribution in [-0.4, -0.2) is 42.6 Å². The average molecular weight is 320 g/mol. The maximum atomic E-state index is 5.67. The number of halogens is 1. The lowest BCUT2D eigenvalue weighted by Crippen LogP contribution is -2.31. The first-order valence-corrected chi connectivity index (χ1v) is 8.85. The highest BCUT2D eigenvalue weighted by molar-refractivity contribution is 9.09. The van der Waals surface area contributed by atoms with Crippen molar-refractivity contribution in [3.63, 3.8) is 0 Å². The second kappa shape index (κ2) is 11.2. The highest BCUT2D eigenvalue weighted by Gasteiger charge is 2.13. The Bertz CT molecular complexity index is 189. The Kier molecular flexibility index (Phi) is 10.3. The SMILES string of the molecule is CC1CN(CCCCCCCCCBr)CCCO1. The molecule has 0 amide bonds.